The number of hydrogen-bond donors (Lipinski definition) is 2. The van der Waals surface area contributed by atoms with Crippen molar-refractivity contribution in [1.29, 1.82) is 0 Å². The van der Waals surface area contributed by atoms with E-state index < -0.39 is 29.9 Å². The van der Waals surface area contributed by atoms with Gasteiger partial charge in [-0.15, -0.1) is 23.2 Å². The largest absolute Gasteiger partial charge is 0.481 e. The number of rotatable bonds is 13. The predicted octanol–water partition coefficient (Wildman–Crippen LogP) is 10.2. The van der Waals surface area contributed by atoms with Crippen molar-refractivity contribution in [2.45, 2.75) is 177 Å². The molecule has 0 heterocycles. The van der Waals surface area contributed by atoms with Crippen LogP contribution in [0.2, 0.25) is 0 Å². The number of ether oxygens (including phenoxy) is 1. The average molecular weight is 770 g/mol. The Balaban J connectivity index is 0.924. The first-order chi connectivity index (χ1) is 25.1. The van der Waals surface area contributed by atoms with Gasteiger partial charge in [-0.25, -0.2) is 9.78 Å². The predicted molar refractivity (Wildman–Crippen MR) is 201 cm³/mol. The van der Waals surface area contributed by atoms with Crippen LogP contribution in [0.4, 0.5) is 0 Å². The van der Waals surface area contributed by atoms with Crippen molar-refractivity contribution in [3.63, 3.8) is 0 Å². The monoisotopic (exact) mass is 768 g/mol. The molecule has 6 saturated carbocycles. The van der Waals surface area contributed by atoms with E-state index in [0.717, 1.165) is 70.1 Å². The lowest BCUT2D eigenvalue weighted by molar-refractivity contribution is -0.337. The van der Waals surface area contributed by atoms with E-state index in [1.807, 2.05) is 0 Å². The summed E-state index contributed by atoms with van der Waals surface area (Å²) < 4.78 is 6.06. The number of carbonyl (C=O) groups is 3. The molecule has 8 nitrogen and oxygen atoms in total. The summed E-state index contributed by atoms with van der Waals surface area (Å²) in [4.78, 5) is 49.5. The second-order valence-electron chi connectivity index (χ2n) is 18.2. The van der Waals surface area contributed by atoms with E-state index in [1.165, 1.54) is 70.6 Å². The van der Waals surface area contributed by atoms with Gasteiger partial charge in [-0.2, -0.15) is 0 Å². The summed E-state index contributed by atoms with van der Waals surface area (Å²) in [6.07, 6.45) is 24.3. The first kappa shape index (κ1) is 40.6. The Morgan fingerprint density at radius 3 is 1.58 bits per heavy atom. The first-order valence-electron chi connectivity index (χ1n) is 21.4. The molecule has 12 atom stereocenters. The van der Waals surface area contributed by atoms with Gasteiger partial charge in [-0.05, 0) is 131 Å². The van der Waals surface area contributed by atoms with Crippen molar-refractivity contribution in [1.82, 2.24) is 0 Å². The van der Waals surface area contributed by atoms with Crippen molar-refractivity contribution in [3.05, 3.63) is 0 Å². The lowest BCUT2D eigenvalue weighted by Crippen LogP contribution is -2.43. The van der Waals surface area contributed by atoms with E-state index >= 15 is 0 Å². The molecule has 0 amide bonds. The third-order valence-corrected chi connectivity index (χ3v) is 15.6. The number of halogens is 2. The molecule has 6 rings (SSSR count). The van der Waals surface area contributed by atoms with E-state index in [0.29, 0.717) is 55.5 Å². The number of carbonyl (C=O) groups excluding carboxylic acids is 1. The fraction of sp³-hybridized carbons (Fsp3) is 0.929. The van der Waals surface area contributed by atoms with E-state index in [2.05, 4.69) is 0 Å². The Morgan fingerprint density at radius 1 is 0.519 bits per heavy atom. The van der Waals surface area contributed by atoms with Crippen molar-refractivity contribution in [2.24, 2.45) is 59.2 Å². The number of aliphatic carboxylic acids is 2. The molecule has 0 aromatic heterocycles. The van der Waals surface area contributed by atoms with Crippen LogP contribution in [0.15, 0.2) is 0 Å². The number of alkyl halides is 2. The normalized spacial score (nSPS) is 39.8. The highest BCUT2D eigenvalue weighted by Gasteiger charge is 2.44. The summed E-state index contributed by atoms with van der Waals surface area (Å²) in [5.41, 5.74) is 0. The first-order valence-corrected chi connectivity index (χ1v) is 22.2. The van der Waals surface area contributed by atoms with Gasteiger partial charge in [-0.1, -0.05) is 64.2 Å². The summed E-state index contributed by atoms with van der Waals surface area (Å²) in [5.74, 6) is -0.418. The molecule has 296 valence electrons. The van der Waals surface area contributed by atoms with E-state index in [1.54, 1.807) is 0 Å². The van der Waals surface area contributed by atoms with Crippen molar-refractivity contribution in [2.75, 3.05) is 6.61 Å². The lowest BCUT2D eigenvalue weighted by atomic mass is 9.70. The van der Waals surface area contributed by atoms with Crippen LogP contribution in [0.5, 0.6) is 0 Å². The second kappa shape index (κ2) is 19.7. The van der Waals surface area contributed by atoms with Crippen LogP contribution in [0.1, 0.15) is 154 Å². The van der Waals surface area contributed by atoms with Gasteiger partial charge >= 0.3 is 17.9 Å². The third kappa shape index (κ3) is 11.0. The Kier molecular flexibility index (Phi) is 15.3. The number of hydrogen-bond acceptors (Lipinski definition) is 6. The summed E-state index contributed by atoms with van der Waals surface area (Å²) >= 11 is 13.8. The van der Waals surface area contributed by atoms with Crippen molar-refractivity contribution in [3.8, 4) is 0 Å². The molecule has 0 aromatic carbocycles. The highest BCUT2D eigenvalue weighted by Crippen LogP contribution is 2.45. The average Bonchev–Trinajstić information content (AvgIpc) is 3.14. The van der Waals surface area contributed by atoms with Crippen LogP contribution in [-0.4, -0.2) is 57.7 Å². The Bertz CT molecular complexity index is 1160. The molecule has 10 heteroatoms. The van der Waals surface area contributed by atoms with Gasteiger partial charge < -0.3 is 14.9 Å². The van der Waals surface area contributed by atoms with Gasteiger partial charge in [0.15, 0.2) is 0 Å². The third-order valence-electron chi connectivity index (χ3n) is 14.7. The van der Waals surface area contributed by atoms with Crippen LogP contribution in [0.25, 0.3) is 0 Å². The second-order valence-corrected chi connectivity index (χ2v) is 19.3. The molecule has 6 fully saturated rings. The zero-order chi connectivity index (χ0) is 36.6. The minimum absolute atomic E-state index is 0.0361. The van der Waals surface area contributed by atoms with Gasteiger partial charge in [-0.3, -0.25) is 14.4 Å². The van der Waals surface area contributed by atoms with E-state index in [9.17, 15) is 24.6 Å². The standard InChI is InChI=1S/C42H66Cl2O8/c43-36-23-30(13-17-38(36)51-42(49)35-22-29(12-16-34(35)41(47)48)20-27-9-5-2-6-10-27)31-14-18-39(37(44)24-31)52-50-25-32-21-28(11-15-33(32)40(45)46)19-26-7-3-1-4-8-26/h26-39H,1-25H2,(H,45,46)(H,47,48). The summed E-state index contributed by atoms with van der Waals surface area (Å²) in [6, 6.07) is 0. The maximum atomic E-state index is 13.5. The Labute approximate surface area is 322 Å². The Morgan fingerprint density at radius 2 is 1.04 bits per heavy atom. The maximum absolute atomic E-state index is 13.5. The lowest BCUT2D eigenvalue weighted by Gasteiger charge is -2.41. The smallest absolute Gasteiger partial charge is 0.310 e. The van der Waals surface area contributed by atoms with Gasteiger partial charge in [0.05, 0.1) is 35.1 Å². The van der Waals surface area contributed by atoms with Crippen molar-refractivity contribution >= 4 is 41.1 Å². The number of carboxylic acid groups (broad SMARTS) is 2. The quantitative estimate of drug-likeness (QED) is 0.0823. The van der Waals surface area contributed by atoms with Crippen LogP contribution in [0, 0.1) is 59.2 Å². The van der Waals surface area contributed by atoms with Crippen molar-refractivity contribution < 1.29 is 39.1 Å². The summed E-state index contributed by atoms with van der Waals surface area (Å²) in [7, 11) is 0. The minimum atomic E-state index is -0.887. The zero-order valence-corrected chi connectivity index (χ0v) is 32.9. The van der Waals surface area contributed by atoms with Crippen LogP contribution in [0.3, 0.4) is 0 Å². The van der Waals surface area contributed by atoms with Crippen LogP contribution < -0.4 is 0 Å². The highest BCUT2D eigenvalue weighted by atomic mass is 35.5. The van der Waals surface area contributed by atoms with Crippen LogP contribution >= 0.6 is 23.2 Å². The molecule has 0 bridgehead atoms. The number of esters is 1. The highest BCUT2D eigenvalue weighted by molar-refractivity contribution is 6.21. The summed E-state index contributed by atoms with van der Waals surface area (Å²) in [6.45, 7) is 0.299. The molecule has 6 aliphatic carbocycles. The summed E-state index contributed by atoms with van der Waals surface area (Å²) in [5, 5.41) is 19.4. The molecule has 0 aliphatic heterocycles. The topological polar surface area (TPSA) is 119 Å². The fourth-order valence-corrected chi connectivity index (χ4v) is 12.5. The Hall–Kier alpha value is -1.09. The number of carboxylic acids is 2. The van der Waals surface area contributed by atoms with Gasteiger partial charge in [0.1, 0.15) is 12.2 Å². The van der Waals surface area contributed by atoms with E-state index in [4.69, 9.17) is 37.7 Å². The zero-order valence-electron chi connectivity index (χ0n) is 31.4. The minimum Gasteiger partial charge on any atom is -0.481 e. The SMILES string of the molecule is O=C(O)C1CCC(CC2CCCCC2)CC1COOC1CCC(C2CCC(OC(=O)C3CC(CC4CCCCC4)CCC3C(=O)O)C(Cl)C2)CC1Cl. The van der Waals surface area contributed by atoms with Gasteiger partial charge in [0, 0.05) is 0 Å². The molecule has 12 unspecified atom stereocenters. The molecule has 0 spiro atoms. The molecule has 6 aliphatic rings. The molecule has 0 saturated heterocycles. The molecular formula is C42H66Cl2O8. The maximum Gasteiger partial charge on any atom is 0.310 e. The van der Waals surface area contributed by atoms with E-state index in [-0.39, 0.29) is 34.7 Å². The fourth-order valence-electron chi connectivity index (χ4n) is 11.7. The van der Waals surface area contributed by atoms with Crippen LogP contribution in [-0.2, 0) is 28.9 Å². The molecule has 0 aromatic rings. The molecule has 52 heavy (non-hydrogen) atoms. The molecule has 0 radical (unpaired) electrons. The molecular weight excluding hydrogens is 703 g/mol. The van der Waals surface area contributed by atoms with Gasteiger partial charge in [0.2, 0.25) is 0 Å². The van der Waals surface area contributed by atoms with Gasteiger partial charge in [0.25, 0.3) is 0 Å². The molecule has 2 N–H and O–H groups in total.